The van der Waals surface area contributed by atoms with Gasteiger partial charge in [-0.1, -0.05) is 59.6 Å². The molecule has 1 aliphatic heterocycles. The molecule has 1 saturated carbocycles. The highest BCUT2D eigenvalue weighted by Crippen LogP contribution is 2.45. The molecule has 3 aromatic rings. The SMILES string of the molecule is COc1ccccc1C(=O)N1N=C2/C(=C/c3ccc(Cl)cc3)CCC[C@@H]2[C@H]1c1ccc(Cl)cc1. The van der Waals surface area contributed by atoms with Crippen molar-refractivity contribution in [1.29, 1.82) is 0 Å². The fourth-order valence-electron chi connectivity index (χ4n) is 4.87. The van der Waals surface area contributed by atoms with Gasteiger partial charge >= 0.3 is 0 Å². The van der Waals surface area contributed by atoms with Crippen molar-refractivity contribution >= 4 is 40.9 Å². The summed E-state index contributed by atoms with van der Waals surface area (Å²) in [6, 6.07) is 22.6. The molecule has 172 valence electrons. The molecule has 34 heavy (non-hydrogen) atoms. The van der Waals surface area contributed by atoms with Gasteiger partial charge in [-0.25, -0.2) is 5.01 Å². The number of fused-ring (bicyclic) bond motifs is 1. The van der Waals surface area contributed by atoms with Crippen LogP contribution in [0.25, 0.3) is 6.08 Å². The Morgan fingerprint density at radius 3 is 2.38 bits per heavy atom. The topological polar surface area (TPSA) is 41.9 Å². The van der Waals surface area contributed by atoms with Crippen molar-refractivity contribution < 1.29 is 9.53 Å². The first-order valence-electron chi connectivity index (χ1n) is 11.3. The number of carbonyl (C=O) groups is 1. The van der Waals surface area contributed by atoms with Gasteiger partial charge in [0.25, 0.3) is 5.91 Å². The molecule has 3 aromatic carbocycles. The summed E-state index contributed by atoms with van der Waals surface area (Å²) in [5, 5.41) is 7.97. The number of methoxy groups -OCH3 is 1. The van der Waals surface area contributed by atoms with Crippen LogP contribution in [0, 0.1) is 5.92 Å². The first kappa shape index (κ1) is 22.7. The van der Waals surface area contributed by atoms with Crippen LogP contribution in [-0.2, 0) is 0 Å². The molecule has 1 aliphatic carbocycles. The number of hydrazone groups is 1. The molecule has 2 aliphatic rings. The summed E-state index contributed by atoms with van der Waals surface area (Å²) >= 11 is 12.2. The lowest BCUT2D eigenvalue weighted by Crippen LogP contribution is -2.32. The van der Waals surface area contributed by atoms with Crippen LogP contribution < -0.4 is 4.74 Å². The minimum Gasteiger partial charge on any atom is -0.496 e. The third-order valence-corrected chi connectivity index (χ3v) is 6.97. The Hall–Kier alpha value is -3.08. The van der Waals surface area contributed by atoms with E-state index in [0.717, 1.165) is 41.7 Å². The van der Waals surface area contributed by atoms with Gasteiger partial charge in [0.05, 0.1) is 24.4 Å². The van der Waals surface area contributed by atoms with E-state index in [2.05, 4.69) is 6.08 Å². The summed E-state index contributed by atoms with van der Waals surface area (Å²) in [4.78, 5) is 13.8. The van der Waals surface area contributed by atoms with Crippen molar-refractivity contribution in [3.63, 3.8) is 0 Å². The number of rotatable bonds is 4. The number of hydrogen-bond acceptors (Lipinski definition) is 3. The summed E-state index contributed by atoms with van der Waals surface area (Å²) < 4.78 is 5.48. The number of nitrogens with zero attached hydrogens (tertiary/aromatic N) is 2. The number of allylic oxidation sites excluding steroid dienone is 1. The van der Waals surface area contributed by atoms with Gasteiger partial charge in [-0.05, 0) is 78.4 Å². The predicted molar refractivity (Wildman–Crippen MR) is 138 cm³/mol. The van der Waals surface area contributed by atoms with Gasteiger partial charge < -0.3 is 4.74 Å². The van der Waals surface area contributed by atoms with Crippen LogP contribution in [0.15, 0.2) is 83.5 Å². The number of para-hydroxylation sites is 1. The second-order valence-corrected chi connectivity index (χ2v) is 9.42. The highest BCUT2D eigenvalue weighted by Gasteiger charge is 2.44. The number of hydrogen-bond donors (Lipinski definition) is 0. The molecule has 1 heterocycles. The van der Waals surface area contributed by atoms with Crippen LogP contribution in [0.3, 0.4) is 0 Å². The monoisotopic (exact) mass is 490 g/mol. The fraction of sp³-hybridized carbons (Fsp3) is 0.214. The zero-order chi connectivity index (χ0) is 23.7. The second-order valence-electron chi connectivity index (χ2n) is 8.55. The van der Waals surface area contributed by atoms with Crippen molar-refractivity contribution in [3.8, 4) is 5.75 Å². The number of benzene rings is 3. The largest absolute Gasteiger partial charge is 0.496 e. The van der Waals surface area contributed by atoms with Crippen LogP contribution in [0.4, 0.5) is 0 Å². The Bertz CT molecular complexity index is 1270. The predicted octanol–water partition coefficient (Wildman–Crippen LogP) is 7.44. The lowest BCUT2D eigenvalue weighted by molar-refractivity contribution is 0.0677. The smallest absolute Gasteiger partial charge is 0.278 e. The summed E-state index contributed by atoms with van der Waals surface area (Å²) in [7, 11) is 1.57. The maximum atomic E-state index is 13.8. The molecule has 0 saturated heterocycles. The summed E-state index contributed by atoms with van der Waals surface area (Å²) in [5.74, 6) is 0.464. The number of amides is 1. The van der Waals surface area contributed by atoms with Crippen molar-refractivity contribution in [2.45, 2.75) is 25.3 Å². The van der Waals surface area contributed by atoms with Crippen LogP contribution in [0.2, 0.25) is 10.0 Å². The molecule has 0 aromatic heterocycles. The molecular formula is C28H24Cl2N2O2. The maximum Gasteiger partial charge on any atom is 0.278 e. The normalized spacial score (nSPS) is 20.7. The molecule has 4 nitrogen and oxygen atoms in total. The molecule has 0 spiro atoms. The lowest BCUT2D eigenvalue weighted by Gasteiger charge is -2.30. The van der Waals surface area contributed by atoms with Gasteiger partial charge in [-0.15, -0.1) is 0 Å². The number of halogens is 2. The van der Waals surface area contributed by atoms with Gasteiger partial charge in [-0.3, -0.25) is 4.79 Å². The van der Waals surface area contributed by atoms with E-state index in [9.17, 15) is 4.79 Å². The summed E-state index contributed by atoms with van der Waals surface area (Å²) in [6.45, 7) is 0. The van der Waals surface area contributed by atoms with Crippen LogP contribution in [0.1, 0.15) is 46.8 Å². The summed E-state index contributed by atoms with van der Waals surface area (Å²) in [6.07, 6.45) is 5.07. The number of carbonyl (C=O) groups excluding carboxylic acids is 1. The van der Waals surface area contributed by atoms with E-state index in [4.69, 9.17) is 33.0 Å². The Kier molecular flexibility index (Phi) is 6.44. The van der Waals surface area contributed by atoms with E-state index in [1.54, 1.807) is 24.3 Å². The molecule has 1 amide bonds. The van der Waals surface area contributed by atoms with Gasteiger partial charge in [-0.2, -0.15) is 5.10 Å². The van der Waals surface area contributed by atoms with E-state index in [0.29, 0.717) is 21.4 Å². The third kappa shape index (κ3) is 4.36. The van der Waals surface area contributed by atoms with Crippen molar-refractivity contribution in [2.75, 3.05) is 7.11 Å². The van der Waals surface area contributed by atoms with Gasteiger partial charge in [0.15, 0.2) is 0 Å². The molecule has 0 bridgehead atoms. The highest BCUT2D eigenvalue weighted by atomic mass is 35.5. The Balaban J connectivity index is 1.59. The average Bonchev–Trinajstić information content (AvgIpc) is 3.26. The Morgan fingerprint density at radius 1 is 1.00 bits per heavy atom. The molecule has 5 rings (SSSR count). The zero-order valence-electron chi connectivity index (χ0n) is 18.7. The molecular weight excluding hydrogens is 467 g/mol. The van der Waals surface area contributed by atoms with E-state index in [-0.39, 0.29) is 17.9 Å². The van der Waals surface area contributed by atoms with E-state index in [1.165, 1.54) is 0 Å². The van der Waals surface area contributed by atoms with E-state index in [1.807, 2.05) is 60.7 Å². The molecule has 0 N–H and O–H groups in total. The van der Waals surface area contributed by atoms with Crippen molar-refractivity contribution in [2.24, 2.45) is 11.0 Å². The van der Waals surface area contributed by atoms with Crippen molar-refractivity contribution in [3.05, 3.63) is 105 Å². The van der Waals surface area contributed by atoms with Crippen LogP contribution in [0.5, 0.6) is 5.75 Å². The van der Waals surface area contributed by atoms with Gasteiger partial charge in [0, 0.05) is 16.0 Å². The summed E-state index contributed by atoms with van der Waals surface area (Å²) in [5.41, 5.74) is 4.72. The third-order valence-electron chi connectivity index (χ3n) is 6.47. The Morgan fingerprint density at radius 2 is 1.68 bits per heavy atom. The van der Waals surface area contributed by atoms with Gasteiger partial charge in [0.2, 0.25) is 0 Å². The molecule has 6 heteroatoms. The van der Waals surface area contributed by atoms with E-state index >= 15 is 0 Å². The second kappa shape index (κ2) is 9.65. The van der Waals surface area contributed by atoms with Crippen LogP contribution in [-0.4, -0.2) is 23.7 Å². The lowest BCUT2D eigenvalue weighted by atomic mass is 9.77. The first-order valence-corrected chi connectivity index (χ1v) is 12.1. The first-order chi connectivity index (χ1) is 16.5. The zero-order valence-corrected chi connectivity index (χ0v) is 20.3. The standard InChI is InChI=1S/C28H24Cl2N2O2/c1-34-25-8-3-2-6-23(25)28(33)32-27(19-11-15-22(30)16-12-19)24-7-4-5-20(26(24)31-32)17-18-9-13-21(29)14-10-18/h2-3,6,8-17,24,27H,4-5,7H2,1H3/b20-17+/t24-,27+/m0/s1. The Labute approximate surface area is 209 Å². The molecule has 0 unspecified atom stereocenters. The highest BCUT2D eigenvalue weighted by molar-refractivity contribution is 6.30. The number of ether oxygens (including phenoxy) is 1. The van der Waals surface area contributed by atoms with E-state index < -0.39 is 0 Å². The average molecular weight is 491 g/mol. The maximum absolute atomic E-state index is 13.8. The fourth-order valence-corrected chi connectivity index (χ4v) is 5.12. The molecule has 2 atom stereocenters. The minimum absolute atomic E-state index is 0.104. The van der Waals surface area contributed by atoms with Crippen LogP contribution >= 0.6 is 23.2 Å². The quantitative estimate of drug-likeness (QED) is 0.381. The molecule has 0 radical (unpaired) electrons. The minimum atomic E-state index is -0.210. The van der Waals surface area contributed by atoms with Crippen molar-refractivity contribution in [1.82, 2.24) is 5.01 Å². The van der Waals surface area contributed by atoms with Gasteiger partial charge in [0.1, 0.15) is 5.75 Å². The molecule has 1 fully saturated rings.